The Morgan fingerprint density at radius 2 is 1.92 bits per heavy atom. The molecule has 0 atom stereocenters. The van der Waals surface area contributed by atoms with Crippen molar-refractivity contribution in [2.24, 2.45) is 0 Å². The summed E-state index contributed by atoms with van der Waals surface area (Å²) in [6.45, 7) is 0. The first-order valence-corrected chi connectivity index (χ1v) is 8.66. The molecule has 2 N–H and O–H groups in total. The molecule has 3 aromatic rings. The van der Waals surface area contributed by atoms with Crippen LogP contribution in [0.25, 0.3) is 17.8 Å². The number of imidazole rings is 1. The van der Waals surface area contributed by atoms with Crippen molar-refractivity contribution in [3.05, 3.63) is 54.1 Å². The average Bonchev–Trinajstić information content (AvgIpc) is 3.05. The third-order valence-corrected chi connectivity index (χ3v) is 4.55. The van der Waals surface area contributed by atoms with Crippen LogP contribution in [-0.2, 0) is 0 Å². The van der Waals surface area contributed by atoms with Crippen molar-refractivity contribution >= 4 is 23.6 Å². The number of fused-ring (bicyclic) bond motifs is 1. The van der Waals surface area contributed by atoms with Gasteiger partial charge in [-0.1, -0.05) is 6.07 Å². The molecule has 0 spiro atoms. The molecule has 1 aliphatic rings. The topological polar surface area (TPSA) is 75.3 Å². The SMILES string of the molecule is OC1CCC(Nc2ccc3ncc(/C=C/c4ccccn4)n3n2)CC1. The van der Waals surface area contributed by atoms with E-state index in [1.54, 1.807) is 6.20 Å². The zero-order valence-corrected chi connectivity index (χ0v) is 13.9. The molecule has 1 saturated carbocycles. The maximum atomic E-state index is 9.63. The first kappa shape index (κ1) is 15.8. The Kier molecular flexibility index (Phi) is 4.43. The second kappa shape index (κ2) is 7.03. The first-order chi connectivity index (χ1) is 12.3. The maximum absolute atomic E-state index is 9.63. The lowest BCUT2D eigenvalue weighted by molar-refractivity contribution is 0.126. The number of rotatable bonds is 4. The predicted molar refractivity (Wildman–Crippen MR) is 98.0 cm³/mol. The molecule has 0 radical (unpaired) electrons. The van der Waals surface area contributed by atoms with Gasteiger partial charge in [0.1, 0.15) is 5.82 Å². The van der Waals surface area contributed by atoms with E-state index >= 15 is 0 Å². The molecule has 3 aromatic heterocycles. The van der Waals surface area contributed by atoms with Gasteiger partial charge in [0.15, 0.2) is 5.65 Å². The van der Waals surface area contributed by atoms with Crippen LogP contribution >= 0.6 is 0 Å². The molecule has 4 rings (SSSR count). The fourth-order valence-corrected chi connectivity index (χ4v) is 3.16. The highest BCUT2D eigenvalue weighted by molar-refractivity contribution is 5.67. The van der Waals surface area contributed by atoms with Crippen molar-refractivity contribution in [1.82, 2.24) is 19.6 Å². The lowest BCUT2D eigenvalue weighted by Gasteiger charge is -2.26. The zero-order chi connectivity index (χ0) is 17.1. The first-order valence-electron chi connectivity index (χ1n) is 8.66. The second-order valence-corrected chi connectivity index (χ2v) is 6.41. The Morgan fingerprint density at radius 1 is 1.04 bits per heavy atom. The third kappa shape index (κ3) is 3.69. The van der Waals surface area contributed by atoms with E-state index in [2.05, 4.69) is 20.4 Å². The Bertz CT molecular complexity index is 866. The fraction of sp³-hybridized carbons (Fsp3) is 0.316. The molecule has 0 amide bonds. The summed E-state index contributed by atoms with van der Waals surface area (Å²) in [6.07, 6.45) is 11.0. The summed E-state index contributed by atoms with van der Waals surface area (Å²) in [5.41, 5.74) is 2.61. The standard InChI is InChI=1S/C19H21N5O/c25-17-8-5-15(6-9-17)22-18-10-11-19-21-13-16(24(19)23-18)7-4-14-3-1-2-12-20-14/h1-4,7,10-13,15,17,25H,5-6,8-9H2,(H,22,23)/b7-4+. The molecule has 0 aromatic carbocycles. The van der Waals surface area contributed by atoms with Crippen molar-refractivity contribution < 1.29 is 5.11 Å². The van der Waals surface area contributed by atoms with Gasteiger partial charge >= 0.3 is 0 Å². The summed E-state index contributed by atoms with van der Waals surface area (Å²) in [5, 5.41) is 17.8. The van der Waals surface area contributed by atoms with Crippen LogP contribution in [0.4, 0.5) is 5.82 Å². The van der Waals surface area contributed by atoms with E-state index in [4.69, 9.17) is 0 Å². The van der Waals surface area contributed by atoms with Crippen molar-refractivity contribution in [1.29, 1.82) is 0 Å². The minimum atomic E-state index is -0.148. The number of hydrogen-bond donors (Lipinski definition) is 2. The molecular formula is C19H21N5O. The number of pyridine rings is 1. The number of hydrogen-bond acceptors (Lipinski definition) is 5. The summed E-state index contributed by atoms with van der Waals surface area (Å²) in [5.74, 6) is 0.833. The normalized spacial score (nSPS) is 21.0. The molecule has 0 bridgehead atoms. The Hall–Kier alpha value is -2.73. The number of aromatic nitrogens is 4. The number of nitrogens with one attached hydrogen (secondary N) is 1. The van der Waals surface area contributed by atoms with E-state index in [0.717, 1.165) is 48.5 Å². The molecule has 6 nitrogen and oxygen atoms in total. The fourth-order valence-electron chi connectivity index (χ4n) is 3.16. The van der Waals surface area contributed by atoms with Crippen LogP contribution in [-0.4, -0.2) is 36.8 Å². The van der Waals surface area contributed by atoms with Crippen LogP contribution < -0.4 is 5.32 Å². The van der Waals surface area contributed by atoms with Crippen LogP contribution in [0, 0.1) is 0 Å². The van der Waals surface area contributed by atoms with E-state index in [-0.39, 0.29) is 6.10 Å². The molecule has 25 heavy (non-hydrogen) atoms. The van der Waals surface area contributed by atoms with Crippen LogP contribution in [0.2, 0.25) is 0 Å². The summed E-state index contributed by atoms with van der Waals surface area (Å²) in [6, 6.07) is 10.1. The van der Waals surface area contributed by atoms with Gasteiger partial charge in [0.05, 0.1) is 23.7 Å². The van der Waals surface area contributed by atoms with E-state index in [1.165, 1.54) is 0 Å². The summed E-state index contributed by atoms with van der Waals surface area (Å²) >= 11 is 0. The van der Waals surface area contributed by atoms with Crippen molar-refractivity contribution in [2.45, 2.75) is 37.8 Å². The Labute approximate surface area is 146 Å². The van der Waals surface area contributed by atoms with Crippen LogP contribution in [0.3, 0.4) is 0 Å². The van der Waals surface area contributed by atoms with E-state index in [1.807, 2.05) is 53.2 Å². The summed E-state index contributed by atoms with van der Waals surface area (Å²) in [7, 11) is 0. The molecule has 128 valence electrons. The molecule has 0 aliphatic heterocycles. The molecule has 0 unspecified atom stereocenters. The van der Waals surface area contributed by atoms with Crippen molar-refractivity contribution in [3.8, 4) is 0 Å². The molecule has 1 fully saturated rings. The molecule has 0 saturated heterocycles. The van der Waals surface area contributed by atoms with Gasteiger partial charge in [0.25, 0.3) is 0 Å². The maximum Gasteiger partial charge on any atom is 0.154 e. The molecule has 6 heteroatoms. The van der Waals surface area contributed by atoms with Crippen molar-refractivity contribution in [2.75, 3.05) is 5.32 Å². The van der Waals surface area contributed by atoms with Gasteiger partial charge in [-0.15, -0.1) is 5.10 Å². The summed E-state index contributed by atoms with van der Waals surface area (Å²) < 4.78 is 1.83. The highest BCUT2D eigenvalue weighted by atomic mass is 16.3. The van der Waals surface area contributed by atoms with Gasteiger partial charge in [0.2, 0.25) is 0 Å². The Balaban J connectivity index is 1.54. The van der Waals surface area contributed by atoms with Gasteiger partial charge in [0, 0.05) is 12.2 Å². The average molecular weight is 335 g/mol. The van der Waals surface area contributed by atoms with Gasteiger partial charge in [-0.3, -0.25) is 4.98 Å². The van der Waals surface area contributed by atoms with Gasteiger partial charge in [-0.2, -0.15) is 0 Å². The molecule has 3 heterocycles. The summed E-state index contributed by atoms with van der Waals surface area (Å²) in [4.78, 5) is 8.69. The number of aliphatic hydroxyl groups is 1. The minimum Gasteiger partial charge on any atom is -0.393 e. The molecular weight excluding hydrogens is 314 g/mol. The van der Waals surface area contributed by atoms with E-state index in [9.17, 15) is 5.11 Å². The van der Waals surface area contributed by atoms with Crippen LogP contribution in [0.5, 0.6) is 0 Å². The van der Waals surface area contributed by atoms with Gasteiger partial charge in [-0.25, -0.2) is 9.50 Å². The number of anilines is 1. The largest absolute Gasteiger partial charge is 0.393 e. The smallest absolute Gasteiger partial charge is 0.154 e. The molecule has 1 aliphatic carbocycles. The van der Waals surface area contributed by atoms with E-state index < -0.39 is 0 Å². The highest BCUT2D eigenvalue weighted by Crippen LogP contribution is 2.21. The number of aliphatic hydroxyl groups excluding tert-OH is 1. The lowest BCUT2D eigenvalue weighted by Crippen LogP contribution is -2.28. The highest BCUT2D eigenvalue weighted by Gasteiger charge is 2.19. The third-order valence-electron chi connectivity index (χ3n) is 4.55. The quantitative estimate of drug-likeness (QED) is 0.766. The number of nitrogens with zero attached hydrogens (tertiary/aromatic N) is 4. The lowest BCUT2D eigenvalue weighted by atomic mass is 9.93. The van der Waals surface area contributed by atoms with Gasteiger partial charge in [-0.05, 0) is 62.1 Å². The zero-order valence-electron chi connectivity index (χ0n) is 13.9. The van der Waals surface area contributed by atoms with E-state index in [0.29, 0.717) is 6.04 Å². The van der Waals surface area contributed by atoms with Crippen LogP contribution in [0.1, 0.15) is 37.1 Å². The monoisotopic (exact) mass is 335 g/mol. The van der Waals surface area contributed by atoms with Crippen molar-refractivity contribution in [3.63, 3.8) is 0 Å². The minimum absolute atomic E-state index is 0.148. The predicted octanol–water partition coefficient (Wildman–Crippen LogP) is 3.01. The van der Waals surface area contributed by atoms with Gasteiger partial charge < -0.3 is 10.4 Å². The Morgan fingerprint density at radius 3 is 2.72 bits per heavy atom. The second-order valence-electron chi connectivity index (χ2n) is 6.41. The van der Waals surface area contributed by atoms with Crippen LogP contribution in [0.15, 0.2) is 42.7 Å².